The number of fused-ring (bicyclic) bond motifs is 1. The van der Waals surface area contributed by atoms with E-state index < -0.39 is 0 Å². The molecule has 0 radical (unpaired) electrons. The van der Waals surface area contributed by atoms with Crippen molar-refractivity contribution in [1.82, 2.24) is 19.9 Å². The molecule has 0 amide bonds. The molecule has 0 unspecified atom stereocenters. The zero-order valence-corrected chi connectivity index (χ0v) is 11.6. The number of H-pyrrole nitrogens is 1. The average molecular weight is 287 g/mol. The molecule has 0 atom stereocenters. The summed E-state index contributed by atoms with van der Waals surface area (Å²) in [6.07, 6.45) is 3.13. The van der Waals surface area contributed by atoms with Gasteiger partial charge in [-0.05, 0) is 18.2 Å². The van der Waals surface area contributed by atoms with Gasteiger partial charge in [-0.2, -0.15) is 0 Å². The second-order valence-corrected chi connectivity index (χ2v) is 5.10. The van der Waals surface area contributed by atoms with Gasteiger partial charge in [0.05, 0.1) is 13.4 Å². The average Bonchev–Trinajstić information content (AvgIpc) is 2.94. The number of hydrogen-bond donors (Lipinski definition) is 2. The summed E-state index contributed by atoms with van der Waals surface area (Å²) < 4.78 is 5.34. The number of nitrogens with one attached hydrogen (secondary N) is 1. The highest BCUT2D eigenvalue weighted by Gasteiger charge is 2.09. The maximum Gasteiger partial charge on any atom is 0.181 e. The van der Waals surface area contributed by atoms with Gasteiger partial charge < -0.3 is 15.5 Å². The first-order valence-electron chi connectivity index (χ1n) is 5.97. The van der Waals surface area contributed by atoms with Crippen molar-refractivity contribution in [3.05, 3.63) is 36.4 Å². The van der Waals surface area contributed by atoms with Crippen molar-refractivity contribution < 1.29 is 4.74 Å². The first-order valence-corrected chi connectivity index (χ1v) is 6.96. The highest BCUT2D eigenvalue weighted by Crippen LogP contribution is 2.30. The van der Waals surface area contributed by atoms with Gasteiger partial charge in [0.25, 0.3) is 0 Å². The fraction of sp³-hybridized carbons (Fsp3) is 0.154. The molecule has 0 saturated carbocycles. The number of benzene rings is 1. The zero-order valence-electron chi connectivity index (χ0n) is 10.8. The van der Waals surface area contributed by atoms with Gasteiger partial charge in [-0.15, -0.1) is 0 Å². The predicted octanol–water partition coefficient (Wildman–Crippen LogP) is 2.24. The lowest BCUT2D eigenvalue weighted by atomic mass is 10.2. The van der Waals surface area contributed by atoms with Gasteiger partial charge >= 0.3 is 0 Å². The summed E-state index contributed by atoms with van der Waals surface area (Å²) in [5, 5.41) is 0.858. The molecular formula is C13H13N5OS. The molecule has 102 valence electrons. The molecule has 3 aromatic rings. The molecule has 2 aromatic heterocycles. The lowest BCUT2D eigenvalue weighted by molar-refractivity contribution is 0.411. The summed E-state index contributed by atoms with van der Waals surface area (Å²) in [5.41, 5.74) is 9.08. The highest BCUT2D eigenvalue weighted by atomic mass is 32.2. The van der Waals surface area contributed by atoms with E-state index in [0.717, 1.165) is 27.5 Å². The molecule has 6 nitrogen and oxygen atoms in total. The largest absolute Gasteiger partial charge is 0.496 e. The summed E-state index contributed by atoms with van der Waals surface area (Å²) in [6, 6.07) is 5.61. The first kappa shape index (κ1) is 12.7. The number of thioether (sulfide) groups is 1. The van der Waals surface area contributed by atoms with Crippen LogP contribution in [0.25, 0.3) is 11.2 Å². The molecule has 0 aliphatic heterocycles. The second kappa shape index (κ2) is 5.38. The molecule has 1 aromatic carbocycles. The molecule has 0 aliphatic rings. The number of hydrogen-bond acceptors (Lipinski definition) is 6. The van der Waals surface area contributed by atoms with Gasteiger partial charge in [-0.25, -0.2) is 15.0 Å². The highest BCUT2D eigenvalue weighted by molar-refractivity contribution is 7.98. The number of nitrogens with zero attached hydrogens (tertiary/aromatic N) is 3. The Bertz CT molecular complexity index is 742. The summed E-state index contributed by atoms with van der Waals surface area (Å²) in [4.78, 5) is 15.5. The van der Waals surface area contributed by atoms with E-state index in [4.69, 9.17) is 10.5 Å². The van der Waals surface area contributed by atoms with Crippen LogP contribution in [0.1, 0.15) is 5.56 Å². The Balaban J connectivity index is 1.86. The van der Waals surface area contributed by atoms with E-state index in [9.17, 15) is 0 Å². The van der Waals surface area contributed by atoms with Crippen molar-refractivity contribution in [1.29, 1.82) is 0 Å². The number of ether oxygens (including phenoxy) is 1. The van der Waals surface area contributed by atoms with Gasteiger partial charge in [0.1, 0.15) is 22.6 Å². The quantitative estimate of drug-likeness (QED) is 0.434. The number of rotatable bonds is 4. The topological polar surface area (TPSA) is 89.7 Å². The van der Waals surface area contributed by atoms with Gasteiger partial charge in [0, 0.05) is 17.0 Å². The van der Waals surface area contributed by atoms with E-state index in [0.29, 0.717) is 11.4 Å². The monoisotopic (exact) mass is 287 g/mol. The van der Waals surface area contributed by atoms with Gasteiger partial charge in [0.15, 0.2) is 5.65 Å². The van der Waals surface area contributed by atoms with Crippen molar-refractivity contribution in [2.45, 2.75) is 10.8 Å². The van der Waals surface area contributed by atoms with E-state index in [1.165, 1.54) is 6.33 Å². The summed E-state index contributed by atoms with van der Waals surface area (Å²) in [7, 11) is 1.65. The fourth-order valence-electron chi connectivity index (χ4n) is 1.91. The number of anilines is 1. The predicted molar refractivity (Wildman–Crippen MR) is 78.7 cm³/mol. The van der Waals surface area contributed by atoms with Crippen LogP contribution in [-0.2, 0) is 5.75 Å². The van der Waals surface area contributed by atoms with Crippen molar-refractivity contribution in [2.24, 2.45) is 0 Å². The van der Waals surface area contributed by atoms with Crippen LogP contribution in [0.5, 0.6) is 5.75 Å². The Morgan fingerprint density at radius 3 is 3.05 bits per heavy atom. The minimum Gasteiger partial charge on any atom is -0.496 e. The van der Waals surface area contributed by atoms with Crippen LogP contribution in [0.15, 0.2) is 35.9 Å². The minimum absolute atomic E-state index is 0.669. The van der Waals surface area contributed by atoms with Crippen molar-refractivity contribution in [3.8, 4) is 5.75 Å². The Kier molecular flexibility index (Phi) is 3.42. The standard InChI is InChI=1S/C13H13N5OS/c1-19-10-3-2-9(14)4-8(10)5-20-13-11-12(16-6-15-11)17-7-18-13/h2-4,6-7H,5,14H2,1H3,(H,15,16,17,18). The number of nitrogen functional groups attached to an aromatic ring is 1. The van der Waals surface area contributed by atoms with Crippen molar-refractivity contribution >= 4 is 28.6 Å². The summed E-state index contributed by atoms with van der Waals surface area (Å²) in [5.74, 6) is 1.53. The number of nitrogens with two attached hydrogens (primary N) is 1. The molecule has 0 saturated heterocycles. The smallest absolute Gasteiger partial charge is 0.181 e. The van der Waals surface area contributed by atoms with Crippen LogP contribution in [0.2, 0.25) is 0 Å². The molecule has 0 aliphatic carbocycles. The lowest BCUT2D eigenvalue weighted by Crippen LogP contribution is -1.94. The SMILES string of the molecule is COc1ccc(N)cc1CSc1ncnc2nc[nH]c12. The molecule has 3 N–H and O–H groups in total. The zero-order chi connectivity index (χ0) is 13.9. The van der Waals surface area contributed by atoms with E-state index >= 15 is 0 Å². The third-order valence-electron chi connectivity index (χ3n) is 2.86. The molecule has 3 rings (SSSR count). The summed E-state index contributed by atoms with van der Waals surface area (Å²) >= 11 is 1.59. The Morgan fingerprint density at radius 2 is 2.20 bits per heavy atom. The number of methoxy groups -OCH3 is 1. The van der Waals surface area contributed by atoms with Crippen LogP contribution in [0.4, 0.5) is 5.69 Å². The maximum absolute atomic E-state index is 5.82. The van der Waals surface area contributed by atoms with Gasteiger partial charge in [0.2, 0.25) is 0 Å². The first-order chi connectivity index (χ1) is 9.78. The minimum atomic E-state index is 0.669. The van der Waals surface area contributed by atoms with E-state index in [1.807, 2.05) is 18.2 Å². The molecule has 20 heavy (non-hydrogen) atoms. The van der Waals surface area contributed by atoms with Crippen LogP contribution in [0.3, 0.4) is 0 Å². The van der Waals surface area contributed by atoms with Crippen molar-refractivity contribution in [3.63, 3.8) is 0 Å². The Hall–Kier alpha value is -2.28. The van der Waals surface area contributed by atoms with Crippen LogP contribution < -0.4 is 10.5 Å². The maximum atomic E-state index is 5.82. The normalized spacial score (nSPS) is 10.8. The molecule has 0 bridgehead atoms. The van der Waals surface area contributed by atoms with E-state index in [1.54, 1.807) is 25.2 Å². The van der Waals surface area contributed by atoms with Gasteiger partial charge in [-0.1, -0.05) is 11.8 Å². The van der Waals surface area contributed by atoms with Crippen LogP contribution >= 0.6 is 11.8 Å². The number of imidazole rings is 1. The second-order valence-electron chi connectivity index (χ2n) is 4.14. The number of aromatic nitrogens is 4. The third-order valence-corrected chi connectivity index (χ3v) is 3.90. The lowest BCUT2D eigenvalue weighted by Gasteiger charge is -2.09. The van der Waals surface area contributed by atoms with Crippen molar-refractivity contribution in [2.75, 3.05) is 12.8 Å². The Morgan fingerprint density at radius 1 is 1.30 bits per heavy atom. The van der Waals surface area contributed by atoms with Gasteiger partial charge in [-0.3, -0.25) is 0 Å². The molecule has 0 spiro atoms. The fourth-order valence-corrected chi connectivity index (χ4v) is 2.84. The Labute approximate surface area is 119 Å². The van der Waals surface area contributed by atoms with Crippen LogP contribution in [-0.4, -0.2) is 27.0 Å². The van der Waals surface area contributed by atoms with Crippen LogP contribution in [0, 0.1) is 0 Å². The van der Waals surface area contributed by atoms with E-state index in [-0.39, 0.29) is 0 Å². The molecule has 0 fully saturated rings. The number of aromatic amines is 1. The van der Waals surface area contributed by atoms with E-state index in [2.05, 4.69) is 19.9 Å². The molecule has 2 heterocycles. The molecular weight excluding hydrogens is 274 g/mol. The molecule has 7 heteroatoms. The summed E-state index contributed by atoms with van der Waals surface area (Å²) in [6.45, 7) is 0. The third kappa shape index (κ3) is 2.39.